The van der Waals surface area contributed by atoms with Crippen LogP contribution in [0.15, 0.2) is 42.5 Å². The molecule has 2 aromatic rings. The van der Waals surface area contributed by atoms with Crippen LogP contribution in [0.3, 0.4) is 0 Å². The third-order valence-corrected chi connectivity index (χ3v) is 6.26. The summed E-state index contributed by atoms with van der Waals surface area (Å²) >= 11 is 12.2. The zero-order valence-electron chi connectivity index (χ0n) is 17.9. The lowest BCUT2D eigenvalue weighted by atomic mass is 10.0. The Bertz CT molecular complexity index is 856. The van der Waals surface area contributed by atoms with E-state index in [2.05, 4.69) is 28.2 Å². The van der Waals surface area contributed by atoms with Crippen molar-refractivity contribution in [1.29, 1.82) is 0 Å². The average molecular weight is 448 g/mol. The van der Waals surface area contributed by atoms with Gasteiger partial charge in [0.25, 0.3) is 0 Å². The van der Waals surface area contributed by atoms with Crippen molar-refractivity contribution >= 4 is 34.6 Å². The molecule has 30 heavy (non-hydrogen) atoms. The zero-order valence-corrected chi connectivity index (χ0v) is 19.4. The maximum absolute atomic E-state index is 6.34. The number of piperidine rings is 1. The van der Waals surface area contributed by atoms with Crippen LogP contribution < -0.4 is 14.8 Å². The van der Waals surface area contributed by atoms with Crippen molar-refractivity contribution in [2.24, 2.45) is 0 Å². The number of nitrogens with one attached hydrogen (secondary N) is 1. The van der Waals surface area contributed by atoms with Crippen LogP contribution in [-0.4, -0.2) is 61.9 Å². The second-order valence-electron chi connectivity index (χ2n) is 7.58. The molecule has 0 aromatic heterocycles. The number of likely N-dealkylation sites (tertiary alicyclic amines) is 1. The molecule has 0 unspecified atom stereocenters. The molecule has 3 rings (SSSR count). The van der Waals surface area contributed by atoms with Crippen LogP contribution in [0.1, 0.15) is 18.4 Å². The molecule has 2 aromatic carbocycles. The third kappa shape index (κ3) is 5.78. The Hall–Kier alpha value is -2.02. The minimum atomic E-state index is 0.406. The standard InChI is InChI=1S/C23H30ClN3O2S/c1-26-13-11-18(12-14-26)27(23(30)25-20-7-5-4-6-19(20)24)15-10-17-8-9-21(28-2)22(16-17)29-3/h4-9,16,18H,10-15H2,1-3H3,(H,25,30). The van der Waals surface area contributed by atoms with E-state index in [-0.39, 0.29) is 0 Å². The lowest BCUT2D eigenvalue weighted by Gasteiger charge is -2.39. The number of hydrogen-bond donors (Lipinski definition) is 1. The minimum absolute atomic E-state index is 0.406. The average Bonchev–Trinajstić information content (AvgIpc) is 2.76. The van der Waals surface area contributed by atoms with Gasteiger partial charge in [-0.3, -0.25) is 0 Å². The highest BCUT2D eigenvalue weighted by atomic mass is 35.5. The highest BCUT2D eigenvalue weighted by Gasteiger charge is 2.25. The van der Waals surface area contributed by atoms with Crippen LogP contribution in [-0.2, 0) is 6.42 Å². The Morgan fingerprint density at radius 3 is 2.50 bits per heavy atom. The van der Waals surface area contributed by atoms with Gasteiger partial charge in [0.2, 0.25) is 0 Å². The Morgan fingerprint density at radius 2 is 1.83 bits per heavy atom. The maximum atomic E-state index is 6.34. The van der Waals surface area contributed by atoms with Crippen LogP contribution in [0.25, 0.3) is 0 Å². The molecule has 0 spiro atoms. The highest BCUT2D eigenvalue weighted by Crippen LogP contribution is 2.28. The fourth-order valence-corrected chi connectivity index (χ4v) is 4.33. The van der Waals surface area contributed by atoms with E-state index in [4.69, 9.17) is 33.3 Å². The first-order chi connectivity index (χ1) is 14.5. The molecule has 0 atom stereocenters. The van der Waals surface area contributed by atoms with E-state index < -0.39 is 0 Å². The van der Waals surface area contributed by atoms with Crippen LogP contribution in [0.5, 0.6) is 11.5 Å². The van der Waals surface area contributed by atoms with Gasteiger partial charge in [0.15, 0.2) is 16.6 Å². The number of ether oxygens (including phenoxy) is 2. The minimum Gasteiger partial charge on any atom is -0.493 e. The predicted molar refractivity (Wildman–Crippen MR) is 128 cm³/mol. The predicted octanol–water partition coefficient (Wildman–Crippen LogP) is 4.69. The molecule has 1 fully saturated rings. The lowest BCUT2D eigenvalue weighted by molar-refractivity contribution is 0.178. The monoisotopic (exact) mass is 447 g/mol. The van der Waals surface area contributed by atoms with Crippen molar-refractivity contribution in [1.82, 2.24) is 9.80 Å². The molecule has 7 heteroatoms. The molecule has 162 valence electrons. The molecule has 0 radical (unpaired) electrons. The Morgan fingerprint density at radius 1 is 1.13 bits per heavy atom. The zero-order chi connectivity index (χ0) is 21.5. The number of benzene rings is 2. The number of halogens is 1. The van der Waals surface area contributed by atoms with E-state index in [1.54, 1.807) is 14.2 Å². The second-order valence-corrected chi connectivity index (χ2v) is 8.37. The molecule has 5 nitrogen and oxygen atoms in total. The molecule has 0 amide bonds. The summed E-state index contributed by atoms with van der Waals surface area (Å²) < 4.78 is 10.8. The van der Waals surface area contributed by atoms with Gasteiger partial charge in [-0.25, -0.2) is 0 Å². The van der Waals surface area contributed by atoms with Crippen molar-refractivity contribution in [3.05, 3.63) is 53.1 Å². The van der Waals surface area contributed by atoms with E-state index in [9.17, 15) is 0 Å². The first-order valence-corrected chi connectivity index (χ1v) is 11.0. The summed E-state index contributed by atoms with van der Waals surface area (Å²) in [5.74, 6) is 1.49. The SMILES string of the molecule is COc1ccc(CCN(C(=S)Nc2ccccc2Cl)C2CCN(C)CC2)cc1OC. The summed E-state index contributed by atoms with van der Waals surface area (Å²) in [4.78, 5) is 4.69. The van der Waals surface area contributed by atoms with Crippen LogP contribution >= 0.6 is 23.8 Å². The van der Waals surface area contributed by atoms with Crippen molar-refractivity contribution in [3.63, 3.8) is 0 Å². The van der Waals surface area contributed by atoms with E-state index in [0.717, 1.165) is 61.2 Å². The first-order valence-electron chi connectivity index (χ1n) is 10.2. The van der Waals surface area contributed by atoms with Crippen molar-refractivity contribution in [2.45, 2.75) is 25.3 Å². The molecule has 1 aliphatic rings. The molecule has 0 bridgehead atoms. The number of para-hydroxylation sites is 1. The number of rotatable bonds is 7. The number of thiocarbonyl (C=S) groups is 1. The summed E-state index contributed by atoms with van der Waals surface area (Å²) in [7, 11) is 5.48. The van der Waals surface area contributed by atoms with Gasteiger partial charge in [0, 0.05) is 12.6 Å². The fraction of sp³-hybridized carbons (Fsp3) is 0.435. The molecule has 1 aliphatic heterocycles. The largest absolute Gasteiger partial charge is 0.493 e. The van der Waals surface area contributed by atoms with Crippen molar-refractivity contribution in [2.75, 3.05) is 46.2 Å². The summed E-state index contributed by atoms with van der Waals surface area (Å²) in [5.41, 5.74) is 2.03. The second kappa shape index (κ2) is 10.8. The molecule has 1 saturated heterocycles. The van der Waals surface area contributed by atoms with Crippen molar-refractivity contribution in [3.8, 4) is 11.5 Å². The van der Waals surface area contributed by atoms with Gasteiger partial charge < -0.3 is 24.6 Å². The number of hydrogen-bond acceptors (Lipinski definition) is 4. The van der Waals surface area contributed by atoms with Gasteiger partial charge in [-0.2, -0.15) is 0 Å². The Kier molecular flexibility index (Phi) is 8.19. The first kappa shape index (κ1) is 22.7. The number of methoxy groups -OCH3 is 2. The molecule has 0 aliphatic carbocycles. The fourth-order valence-electron chi connectivity index (χ4n) is 3.79. The van der Waals surface area contributed by atoms with Crippen LogP contribution in [0, 0.1) is 0 Å². The molecule has 1 N–H and O–H groups in total. The maximum Gasteiger partial charge on any atom is 0.173 e. The molecule has 0 saturated carbocycles. The summed E-state index contributed by atoms with van der Waals surface area (Å²) in [5, 5.41) is 4.75. The summed E-state index contributed by atoms with van der Waals surface area (Å²) in [6.45, 7) is 2.97. The Balaban J connectivity index is 1.74. The number of anilines is 1. The highest BCUT2D eigenvalue weighted by molar-refractivity contribution is 7.80. The van der Waals surface area contributed by atoms with Gasteiger partial charge in [0.1, 0.15) is 0 Å². The quantitative estimate of drug-likeness (QED) is 0.620. The topological polar surface area (TPSA) is 37.0 Å². The van der Waals surface area contributed by atoms with Crippen LogP contribution in [0.2, 0.25) is 5.02 Å². The van der Waals surface area contributed by atoms with E-state index in [0.29, 0.717) is 11.1 Å². The Labute approximate surface area is 189 Å². The summed E-state index contributed by atoms with van der Waals surface area (Å²) in [6.07, 6.45) is 3.04. The van der Waals surface area contributed by atoms with Gasteiger partial charge in [-0.15, -0.1) is 0 Å². The smallest absolute Gasteiger partial charge is 0.173 e. The van der Waals surface area contributed by atoms with E-state index in [1.807, 2.05) is 36.4 Å². The van der Waals surface area contributed by atoms with Gasteiger partial charge in [-0.1, -0.05) is 29.8 Å². The molecular weight excluding hydrogens is 418 g/mol. The third-order valence-electron chi connectivity index (χ3n) is 5.59. The summed E-state index contributed by atoms with van der Waals surface area (Å²) in [6, 6.07) is 14.2. The van der Waals surface area contributed by atoms with Gasteiger partial charge >= 0.3 is 0 Å². The molecular formula is C23H30ClN3O2S. The van der Waals surface area contributed by atoms with Gasteiger partial charge in [0.05, 0.1) is 24.9 Å². The van der Waals surface area contributed by atoms with Gasteiger partial charge in [-0.05, 0) is 81.4 Å². The van der Waals surface area contributed by atoms with Crippen molar-refractivity contribution < 1.29 is 9.47 Å². The molecule has 1 heterocycles. The number of nitrogens with zero attached hydrogens (tertiary/aromatic N) is 2. The van der Waals surface area contributed by atoms with E-state index in [1.165, 1.54) is 5.56 Å². The van der Waals surface area contributed by atoms with E-state index >= 15 is 0 Å². The lowest BCUT2D eigenvalue weighted by Crippen LogP contribution is -2.48. The van der Waals surface area contributed by atoms with Crippen LogP contribution in [0.4, 0.5) is 5.69 Å². The normalized spacial score (nSPS) is 14.9.